The first-order valence-electron chi connectivity index (χ1n) is 10.7. The Morgan fingerprint density at radius 3 is 2.48 bits per heavy atom. The second-order valence-electron chi connectivity index (χ2n) is 7.72. The summed E-state index contributed by atoms with van der Waals surface area (Å²) in [6.45, 7) is 4.63. The molecule has 7 heteroatoms. The largest absolute Gasteiger partial charge is 0.494 e. The molecular formula is C26H24ClN3O3. The predicted octanol–water partition coefficient (Wildman–Crippen LogP) is 5.22. The van der Waals surface area contributed by atoms with Crippen LogP contribution in [0.1, 0.15) is 30.2 Å². The van der Waals surface area contributed by atoms with Crippen LogP contribution < -0.4 is 10.1 Å². The monoisotopic (exact) mass is 461 g/mol. The summed E-state index contributed by atoms with van der Waals surface area (Å²) in [5.41, 5.74) is 3.37. The molecule has 168 valence electrons. The van der Waals surface area contributed by atoms with Gasteiger partial charge in [0.25, 0.3) is 11.8 Å². The normalized spacial score (nSPS) is 13.6. The first-order valence-corrected chi connectivity index (χ1v) is 11.1. The van der Waals surface area contributed by atoms with Gasteiger partial charge in [-0.15, -0.1) is 0 Å². The zero-order chi connectivity index (χ0) is 23.4. The molecule has 1 N–H and O–H groups in total. The number of hydrogen-bond acceptors (Lipinski definition) is 5. The average Bonchev–Trinajstić information content (AvgIpc) is 3.04. The second kappa shape index (κ2) is 9.88. The molecule has 0 saturated heterocycles. The number of nitrogens with zero attached hydrogens (tertiary/aromatic N) is 2. The van der Waals surface area contributed by atoms with E-state index in [-0.39, 0.29) is 18.1 Å². The molecule has 0 radical (unpaired) electrons. The average molecular weight is 462 g/mol. The number of imide groups is 1. The summed E-state index contributed by atoms with van der Waals surface area (Å²) in [7, 11) is 0. The smallest absolute Gasteiger partial charge is 0.278 e. The molecule has 1 aromatic heterocycles. The number of carbonyl (C=O) groups excluding carboxylic acids is 2. The summed E-state index contributed by atoms with van der Waals surface area (Å²) in [5, 5.41) is 3.78. The predicted molar refractivity (Wildman–Crippen MR) is 129 cm³/mol. The van der Waals surface area contributed by atoms with Crippen molar-refractivity contribution in [2.45, 2.75) is 26.8 Å². The van der Waals surface area contributed by atoms with Gasteiger partial charge < -0.3 is 10.1 Å². The molecule has 0 spiro atoms. The van der Waals surface area contributed by atoms with E-state index in [0.717, 1.165) is 12.0 Å². The number of benzene rings is 2. The SMILES string of the molecule is CCCOc1ccc(C2=C(Nc3ccc(Cl)cc3C)C(=O)N(Cc3ccccn3)C2=O)cc1. The van der Waals surface area contributed by atoms with E-state index in [1.165, 1.54) is 4.90 Å². The summed E-state index contributed by atoms with van der Waals surface area (Å²) in [6.07, 6.45) is 2.54. The van der Waals surface area contributed by atoms with Crippen LogP contribution in [0.5, 0.6) is 5.75 Å². The fourth-order valence-electron chi connectivity index (χ4n) is 3.60. The Hall–Kier alpha value is -3.64. The quantitative estimate of drug-likeness (QED) is 0.465. The van der Waals surface area contributed by atoms with Crippen molar-refractivity contribution >= 4 is 34.7 Å². The van der Waals surface area contributed by atoms with Crippen molar-refractivity contribution in [3.8, 4) is 5.75 Å². The van der Waals surface area contributed by atoms with E-state index in [4.69, 9.17) is 16.3 Å². The topological polar surface area (TPSA) is 71.5 Å². The van der Waals surface area contributed by atoms with Crippen molar-refractivity contribution in [3.05, 3.63) is 94.4 Å². The highest BCUT2D eigenvalue weighted by molar-refractivity contribution is 6.36. The lowest BCUT2D eigenvalue weighted by atomic mass is 10.0. The van der Waals surface area contributed by atoms with Gasteiger partial charge in [-0.25, -0.2) is 0 Å². The number of aryl methyl sites for hydroxylation is 1. The summed E-state index contributed by atoms with van der Waals surface area (Å²) < 4.78 is 5.66. The van der Waals surface area contributed by atoms with Crippen LogP contribution in [0.4, 0.5) is 5.69 Å². The van der Waals surface area contributed by atoms with Crippen LogP contribution in [0.25, 0.3) is 5.57 Å². The Kier molecular flexibility index (Phi) is 6.75. The van der Waals surface area contributed by atoms with Crippen LogP contribution in [0.15, 0.2) is 72.6 Å². The number of carbonyl (C=O) groups is 2. The molecule has 3 aromatic rings. The lowest BCUT2D eigenvalue weighted by Crippen LogP contribution is -2.32. The minimum Gasteiger partial charge on any atom is -0.494 e. The number of nitrogens with one attached hydrogen (secondary N) is 1. The van der Waals surface area contributed by atoms with E-state index >= 15 is 0 Å². The molecule has 2 amide bonds. The maximum absolute atomic E-state index is 13.4. The van der Waals surface area contributed by atoms with Crippen LogP contribution in [0, 0.1) is 6.92 Å². The van der Waals surface area contributed by atoms with E-state index in [2.05, 4.69) is 10.3 Å². The van der Waals surface area contributed by atoms with Crippen LogP contribution in [-0.2, 0) is 16.1 Å². The van der Waals surface area contributed by atoms with Gasteiger partial charge in [-0.1, -0.05) is 36.7 Å². The molecule has 0 aliphatic carbocycles. The van der Waals surface area contributed by atoms with Gasteiger partial charge in [0.05, 0.1) is 24.4 Å². The van der Waals surface area contributed by atoms with Gasteiger partial charge in [0.2, 0.25) is 0 Å². The fourth-order valence-corrected chi connectivity index (χ4v) is 3.82. The van der Waals surface area contributed by atoms with Crippen LogP contribution in [-0.4, -0.2) is 28.3 Å². The molecule has 0 bridgehead atoms. The van der Waals surface area contributed by atoms with Crippen molar-refractivity contribution in [1.29, 1.82) is 0 Å². The summed E-state index contributed by atoms with van der Waals surface area (Å²) in [6, 6.07) is 18.0. The molecule has 33 heavy (non-hydrogen) atoms. The van der Waals surface area contributed by atoms with Crippen LogP contribution >= 0.6 is 11.6 Å². The lowest BCUT2D eigenvalue weighted by Gasteiger charge is -2.15. The molecule has 1 aliphatic rings. The number of hydrogen-bond donors (Lipinski definition) is 1. The zero-order valence-corrected chi connectivity index (χ0v) is 19.2. The minimum absolute atomic E-state index is 0.0878. The Morgan fingerprint density at radius 1 is 1.03 bits per heavy atom. The number of halogens is 1. The van der Waals surface area contributed by atoms with Crippen molar-refractivity contribution in [1.82, 2.24) is 9.88 Å². The number of rotatable bonds is 8. The van der Waals surface area contributed by atoms with Gasteiger partial charge in [-0.05, 0) is 66.9 Å². The number of pyridine rings is 1. The summed E-state index contributed by atoms with van der Waals surface area (Å²) >= 11 is 6.09. The number of amides is 2. The first kappa shape index (κ1) is 22.6. The van der Waals surface area contributed by atoms with E-state index in [1.54, 1.807) is 48.7 Å². The number of ether oxygens (including phenoxy) is 1. The Labute approximate surface area is 197 Å². The molecule has 0 fully saturated rings. The first-order chi connectivity index (χ1) is 16.0. The molecule has 1 aliphatic heterocycles. The molecule has 0 atom stereocenters. The zero-order valence-electron chi connectivity index (χ0n) is 18.5. The highest BCUT2D eigenvalue weighted by atomic mass is 35.5. The Balaban J connectivity index is 1.72. The third-order valence-corrected chi connectivity index (χ3v) is 5.51. The molecule has 6 nitrogen and oxygen atoms in total. The van der Waals surface area contributed by atoms with E-state index in [1.807, 2.05) is 32.0 Å². The van der Waals surface area contributed by atoms with Crippen LogP contribution in [0.3, 0.4) is 0 Å². The number of aromatic nitrogens is 1. The van der Waals surface area contributed by atoms with Gasteiger partial charge in [0, 0.05) is 16.9 Å². The third-order valence-electron chi connectivity index (χ3n) is 5.28. The third kappa shape index (κ3) is 4.91. The van der Waals surface area contributed by atoms with E-state index in [0.29, 0.717) is 39.9 Å². The van der Waals surface area contributed by atoms with Gasteiger partial charge >= 0.3 is 0 Å². The van der Waals surface area contributed by atoms with E-state index in [9.17, 15) is 9.59 Å². The summed E-state index contributed by atoms with van der Waals surface area (Å²) in [4.78, 5) is 32.3. The summed E-state index contributed by atoms with van der Waals surface area (Å²) in [5.74, 6) is -0.0605. The van der Waals surface area contributed by atoms with Crippen LogP contribution in [0.2, 0.25) is 5.02 Å². The molecule has 2 aromatic carbocycles. The van der Waals surface area contributed by atoms with Gasteiger partial charge in [0.1, 0.15) is 11.4 Å². The minimum atomic E-state index is -0.402. The maximum atomic E-state index is 13.4. The molecule has 0 unspecified atom stereocenters. The standard InChI is InChI=1S/C26H24ClN3O3/c1-3-14-33-21-10-7-18(8-11-21)23-24(29-22-12-9-19(27)15-17(22)2)26(32)30(25(23)31)16-20-6-4-5-13-28-20/h4-13,15,29H,3,14,16H2,1-2H3. The molecule has 2 heterocycles. The van der Waals surface area contributed by atoms with Gasteiger partial charge in [-0.3, -0.25) is 19.5 Å². The van der Waals surface area contributed by atoms with Crippen molar-refractivity contribution in [2.75, 3.05) is 11.9 Å². The maximum Gasteiger partial charge on any atom is 0.278 e. The van der Waals surface area contributed by atoms with Gasteiger partial charge in [-0.2, -0.15) is 0 Å². The molecule has 4 rings (SSSR count). The highest BCUT2D eigenvalue weighted by Crippen LogP contribution is 2.33. The Bertz CT molecular complexity index is 1210. The highest BCUT2D eigenvalue weighted by Gasteiger charge is 2.39. The van der Waals surface area contributed by atoms with Crippen molar-refractivity contribution < 1.29 is 14.3 Å². The molecular weight excluding hydrogens is 438 g/mol. The second-order valence-corrected chi connectivity index (χ2v) is 8.16. The van der Waals surface area contributed by atoms with Crippen molar-refractivity contribution in [3.63, 3.8) is 0 Å². The van der Waals surface area contributed by atoms with Gasteiger partial charge in [0.15, 0.2) is 0 Å². The number of anilines is 1. The Morgan fingerprint density at radius 2 is 1.82 bits per heavy atom. The lowest BCUT2D eigenvalue weighted by molar-refractivity contribution is -0.137. The van der Waals surface area contributed by atoms with E-state index < -0.39 is 5.91 Å². The molecule has 0 saturated carbocycles. The van der Waals surface area contributed by atoms with Crippen molar-refractivity contribution in [2.24, 2.45) is 0 Å². The fraction of sp³-hybridized carbons (Fsp3) is 0.192.